The van der Waals surface area contributed by atoms with Crippen LogP contribution in [0.5, 0.6) is 0 Å². The van der Waals surface area contributed by atoms with E-state index in [1.807, 2.05) is 0 Å². The number of nitrogens with zero attached hydrogens (tertiary/aromatic N) is 1. The molecule has 0 bridgehead atoms. The minimum Gasteiger partial charge on any atom is -0.331 e. The molecule has 0 aromatic carbocycles. The molecule has 0 saturated heterocycles. The van der Waals surface area contributed by atoms with E-state index >= 15 is 0 Å². The molecule has 6 heteroatoms. The van der Waals surface area contributed by atoms with Gasteiger partial charge in [0.25, 0.3) is 0 Å². The van der Waals surface area contributed by atoms with E-state index in [1.165, 1.54) is 0 Å². The average molecular weight is 240 g/mol. The van der Waals surface area contributed by atoms with E-state index in [9.17, 15) is 4.57 Å². The van der Waals surface area contributed by atoms with Gasteiger partial charge in [-0.2, -0.15) is 0 Å². The van der Waals surface area contributed by atoms with Gasteiger partial charge in [0.1, 0.15) is 0 Å². The quantitative estimate of drug-likeness (QED) is 0.382. The Hall–Kier alpha value is 0.0700. The Morgan fingerprint density at radius 1 is 1.07 bits per heavy atom. The number of hydrogen-bond acceptors (Lipinski definition) is 2. The molecule has 0 spiro atoms. The highest BCUT2D eigenvalue weighted by Gasteiger charge is 2.12. The summed E-state index contributed by atoms with van der Waals surface area (Å²) < 4.78 is 15.6. The van der Waals surface area contributed by atoms with Gasteiger partial charge in [-0.05, 0) is 19.3 Å². The van der Waals surface area contributed by atoms with Crippen LogP contribution >= 0.6 is 7.82 Å². The van der Waals surface area contributed by atoms with Gasteiger partial charge in [0.05, 0.1) is 34.3 Å². The van der Waals surface area contributed by atoms with Crippen molar-refractivity contribution in [1.82, 2.24) is 0 Å². The third-order valence-corrected chi connectivity index (χ3v) is 2.50. The number of unbranched alkanes of at least 4 members (excludes halogenated alkanes) is 3. The molecule has 0 atom stereocenters. The number of phosphoric ester groups is 1. The highest BCUT2D eigenvalue weighted by molar-refractivity contribution is 7.46. The monoisotopic (exact) mass is 240 g/mol. The zero-order valence-corrected chi connectivity index (χ0v) is 10.7. The van der Waals surface area contributed by atoms with E-state index in [2.05, 4.69) is 25.7 Å². The molecule has 0 aliphatic heterocycles. The van der Waals surface area contributed by atoms with Crippen LogP contribution in [0.1, 0.15) is 25.7 Å². The number of rotatable bonds is 8. The van der Waals surface area contributed by atoms with Crippen molar-refractivity contribution < 1.29 is 23.4 Å². The Balaban J connectivity index is 3.23. The first-order valence-electron chi connectivity index (χ1n) is 5.21. The average Bonchev–Trinajstić information content (AvgIpc) is 1.98. The van der Waals surface area contributed by atoms with Crippen LogP contribution in [0.15, 0.2) is 0 Å². The molecule has 15 heavy (non-hydrogen) atoms. The van der Waals surface area contributed by atoms with Crippen LogP contribution in [0, 0.1) is 0 Å². The third-order valence-electron chi connectivity index (χ3n) is 1.98. The predicted octanol–water partition coefficient (Wildman–Crippen LogP) is 1.36. The van der Waals surface area contributed by atoms with Gasteiger partial charge in [0.15, 0.2) is 0 Å². The largest absolute Gasteiger partial charge is 0.469 e. The summed E-state index contributed by atoms with van der Waals surface area (Å²) in [4.78, 5) is 16.8. The molecule has 0 aromatic rings. The molecular formula is C9H23NO4P+. The van der Waals surface area contributed by atoms with Gasteiger partial charge in [0.2, 0.25) is 0 Å². The molecule has 0 amide bonds. The van der Waals surface area contributed by atoms with Crippen LogP contribution < -0.4 is 0 Å². The van der Waals surface area contributed by atoms with Gasteiger partial charge in [-0.25, -0.2) is 4.57 Å². The van der Waals surface area contributed by atoms with Crippen molar-refractivity contribution in [2.45, 2.75) is 25.7 Å². The molecule has 0 aliphatic rings. The molecule has 2 N–H and O–H groups in total. The standard InChI is InChI=1S/C9H22NO4P/c1-10(2,3)8-6-4-5-7-9-14-15(11,12)13/h4-9H2,1-3H3,(H-,11,12,13)/p+1. The Labute approximate surface area is 91.9 Å². The van der Waals surface area contributed by atoms with E-state index in [0.29, 0.717) is 6.42 Å². The van der Waals surface area contributed by atoms with Crippen molar-refractivity contribution in [3.8, 4) is 0 Å². The molecule has 0 radical (unpaired) electrons. The zero-order chi connectivity index (χ0) is 11.9. The highest BCUT2D eigenvalue weighted by Crippen LogP contribution is 2.35. The number of hydrogen-bond donors (Lipinski definition) is 2. The van der Waals surface area contributed by atoms with Gasteiger partial charge in [-0.15, -0.1) is 0 Å². The van der Waals surface area contributed by atoms with Crippen molar-refractivity contribution in [2.24, 2.45) is 0 Å². The first-order valence-corrected chi connectivity index (χ1v) is 6.74. The van der Waals surface area contributed by atoms with E-state index in [4.69, 9.17) is 9.79 Å². The minimum absolute atomic E-state index is 0.147. The maximum atomic E-state index is 10.3. The molecule has 92 valence electrons. The second kappa shape index (κ2) is 6.61. The summed E-state index contributed by atoms with van der Waals surface area (Å²) in [7, 11) is 2.20. The van der Waals surface area contributed by atoms with Gasteiger partial charge < -0.3 is 14.3 Å². The molecule has 5 nitrogen and oxygen atoms in total. The maximum Gasteiger partial charge on any atom is 0.469 e. The Morgan fingerprint density at radius 2 is 1.60 bits per heavy atom. The Morgan fingerprint density at radius 3 is 2.07 bits per heavy atom. The highest BCUT2D eigenvalue weighted by atomic mass is 31.2. The lowest BCUT2D eigenvalue weighted by atomic mass is 10.2. The van der Waals surface area contributed by atoms with Crippen molar-refractivity contribution in [3.63, 3.8) is 0 Å². The van der Waals surface area contributed by atoms with Gasteiger partial charge in [0, 0.05) is 0 Å². The summed E-state index contributed by atoms with van der Waals surface area (Å²) in [6, 6.07) is 0. The van der Waals surface area contributed by atoms with E-state index in [-0.39, 0.29) is 6.61 Å². The Kier molecular flexibility index (Phi) is 6.64. The molecule has 0 heterocycles. The lowest BCUT2D eigenvalue weighted by molar-refractivity contribution is -0.870. The fraction of sp³-hybridized carbons (Fsp3) is 1.00. The first kappa shape index (κ1) is 15.1. The van der Waals surface area contributed by atoms with E-state index in [1.54, 1.807) is 0 Å². The normalized spacial score (nSPS) is 13.1. The van der Waals surface area contributed by atoms with Crippen LogP contribution in [0.4, 0.5) is 0 Å². The van der Waals surface area contributed by atoms with Crippen LogP contribution in [-0.2, 0) is 9.09 Å². The fourth-order valence-electron chi connectivity index (χ4n) is 1.23. The van der Waals surface area contributed by atoms with Gasteiger partial charge >= 0.3 is 7.82 Å². The zero-order valence-electron chi connectivity index (χ0n) is 9.85. The summed E-state index contributed by atoms with van der Waals surface area (Å²) in [6.07, 6.45) is 3.89. The fourth-order valence-corrected chi connectivity index (χ4v) is 1.59. The summed E-state index contributed by atoms with van der Waals surface area (Å²) in [5.74, 6) is 0. The van der Waals surface area contributed by atoms with Crippen LogP contribution in [0.3, 0.4) is 0 Å². The van der Waals surface area contributed by atoms with Crippen molar-refractivity contribution in [3.05, 3.63) is 0 Å². The van der Waals surface area contributed by atoms with Crippen molar-refractivity contribution >= 4 is 7.82 Å². The SMILES string of the molecule is C[N+](C)(C)CCCCCCOP(=O)(O)O. The van der Waals surface area contributed by atoms with E-state index in [0.717, 1.165) is 30.3 Å². The second-order valence-electron chi connectivity index (χ2n) is 4.75. The topological polar surface area (TPSA) is 66.8 Å². The summed E-state index contributed by atoms with van der Waals surface area (Å²) >= 11 is 0. The summed E-state index contributed by atoms with van der Waals surface area (Å²) in [5, 5.41) is 0. The molecule has 0 aliphatic carbocycles. The lowest BCUT2D eigenvalue weighted by Gasteiger charge is -2.23. The van der Waals surface area contributed by atoms with E-state index < -0.39 is 7.82 Å². The van der Waals surface area contributed by atoms with Crippen LogP contribution in [0.25, 0.3) is 0 Å². The second-order valence-corrected chi connectivity index (χ2v) is 5.99. The summed E-state index contributed by atoms with van der Waals surface area (Å²) in [5.41, 5.74) is 0. The molecule has 0 unspecified atom stereocenters. The molecule has 0 rings (SSSR count). The van der Waals surface area contributed by atoms with Gasteiger partial charge in [-0.3, -0.25) is 4.52 Å². The van der Waals surface area contributed by atoms with Crippen molar-refractivity contribution in [1.29, 1.82) is 0 Å². The molecule has 0 aromatic heterocycles. The summed E-state index contributed by atoms with van der Waals surface area (Å²) in [6.45, 7) is 1.27. The maximum absolute atomic E-state index is 10.3. The molecule has 0 saturated carbocycles. The van der Waals surface area contributed by atoms with Crippen LogP contribution in [0.2, 0.25) is 0 Å². The molecule has 0 fully saturated rings. The van der Waals surface area contributed by atoms with Gasteiger partial charge in [-0.1, -0.05) is 6.42 Å². The minimum atomic E-state index is -4.25. The van der Waals surface area contributed by atoms with Crippen molar-refractivity contribution in [2.75, 3.05) is 34.3 Å². The molecular weight excluding hydrogens is 217 g/mol. The lowest BCUT2D eigenvalue weighted by Crippen LogP contribution is -2.35. The Bertz CT molecular complexity index is 209. The van der Waals surface area contributed by atoms with Crippen LogP contribution in [-0.4, -0.2) is 48.6 Å². The predicted molar refractivity (Wildman–Crippen MR) is 59.4 cm³/mol. The number of phosphoric acid groups is 1. The smallest absolute Gasteiger partial charge is 0.331 e. The third kappa shape index (κ3) is 14.1. The number of quaternary nitrogens is 1. The first-order chi connectivity index (χ1) is 6.71.